The Hall–Kier alpha value is -2.80. The monoisotopic (exact) mass is 351 g/mol. The molecule has 1 aliphatic heterocycles. The summed E-state index contributed by atoms with van der Waals surface area (Å²) in [6.45, 7) is 5.43. The van der Waals surface area contributed by atoms with Crippen LogP contribution in [0.4, 0.5) is 0 Å². The number of benzene rings is 1. The zero-order valence-electron chi connectivity index (χ0n) is 14.9. The number of amides is 1. The third-order valence-electron chi connectivity index (χ3n) is 4.54. The highest BCUT2D eigenvalue weighted by Gasteiger charge is 2.28. The van der Waals surface area contributed by atoms with Crippen LogP contribution in [0, 0.1) is 13.8 Å². The molecule has 3 heterocycles. The number of carbonyl (C=O) groups excluding carboxylic acids is 1. The SMILES string of the molecule is Cc1cc(C)n2nc(C(=O)N3CCOC(Cc4ccccc4)C3)nc2n1. The van der Waals surface area contributed by atoms with E-state index in [2.05, 4.69) is 27.2 Å². The maximum absolute atomic E-state index is 12.9. The zero-order chi connectivity index (χ0) is 18.1. The molecular weight excluding hydrogens is 330 g/mol. The van der Waals surface area contributed by atoms with E-state index >= 15 is 0 Å². The van der Waals surface area contributed by atoms with Crippen molar-refractivity contribution >= 4 is 11.7 Å². The van der Waals surface area contributed by atoms with Gasteiger partial charge in [-0.2, -0.15) is 4.98 Å². The number of aromatic nitrogens is 4. The van der Waals surface area contributed by atoms with E-state index in [4.69, 9.17) is 4.74 Å². The standard InChI is InChI=1S/C19H21N5O2/c1-13-10-14(2)24-19(20-13)21-17(22-24)18(25)23-8-9-26-16(12-23)11-15-6-4-3-5-7-15/h3-7,10,16H,8-9,11-12H2,1-2H3. The highest BCUT2D eigenvalue weighted by atomic mass is 16.5. The molecule has 0 N–H and O–H groups in total. The van der Waals surface area contributed by atoms with E-state index in [0.717, 1.165) is 17.8 Å². The summed E-state index contributed by atoms with van der Waals surface area (Å²) in [7, 11) is 0. The molecule has 26 heavy (non-hydrogen) atoms. The molecule has 4 rings (SSSR count). The first-order valence-corrected chi connectivity index (χ1v) is 8.76. The van der Waals surface area contributed by atoms with Crippen molar-refractivity contribution in [2.24, 2.45) is 0 Å². The molecule has 134 valence electrons. The Kier molecular flexibility index (Phi) is 4.38. The minimum atomic E-state index is -0.172. The number of aryl methyl sites for hydroxylation is 2. The molecule has 3 aromatic rings. The topological polar surface area (TPSA) is 72.6 Å². The lowest BCUT2D eigenvalue weighted by Gasteiger charge is -2.32. The number of carbonyl (C=O) groups is 1. The molecule has 7 nitrogen and oxygen atoms in total. The maximum Gasteiger partial charge on any atom is 0.293 e. The molecule has 0 saturated carbocycles. The van der Waals surface area contributed by atoms with Gasteiger partial charge in [0, 0.05) is 30.9 Å². The summed E-state index contributed by atoms with van der Waals surface area (Å²) in [5.41, 5.74) is 2.96. The molecule has 1 unspecified atom stereocenters. The van der Waals surface area contributed by atoms with Gasteiger partial charge >= 0.3 is 0 Å². The first-order valence-electron chi connectivity index (χ1n) is 8.76. The average molecular weight is 351 g/mol. The number of fused-ring (bicyclic) bond motifs is 1. The number of rotatable bonds is 3. The van der Waals surface area contributed by atoms with E-state index in [-0.39, 0.29) is 17.8 Å². The van der Waals surface area contributed by atoms with Crippen molar-refractivity contribution in [3.63, 3.8) is 0 Å². The van der Waals surface area contributed by atoms with Crippen molar-refractivity contribution in [1.29, 1.82) is 0 Å². The van der Waals surface area contributed by atoms with Gasteiger partial charge in [0.2, 0.25) is 5.82 Å². The Labute approximate surface area is 151 Å². The summed E-state index contributed by atoms with van der Waals surface area (Å²) in [5.74, 6) is 0.473. The van der Waals surface area contributed by atoms with Crippen molar-refractivity contribution in [2.45, 2.75) is 26.4 Å². The Balaban J connectivity index is 1.51. The Morgan fingerprint density at radius 2 is 2.04 bits per heavy atom. The summed E-state index contributed by atoms with van der Waals surface area (Å²) in [5, 5.41) is 4.35. The van der Waals surface area contributed by atoms with Crippen LogP contribution in [0.25, 0.3) is 5.78 Å². The van der Waals surface area contributed by atoms with Crippen molar-refractivity contribution in [2.75, 3.05) is 19.7 Å². The van der Waals surface area contributed by atoms with Crippen LogP contribution < -0.4 is 0 Å². The quantitative estimate of drug-likeness (QED) is 0.720. The largest absolute Gasteiger partial charge is 0.374 e. The van der Waals surface area contributed by atoms with Crippen LogP contribution in [-0.2, 0) is 11.2 Å². The van der Waals surface area contributed by atoms with Gasteiger partial charge in [0.15, 0.2) is 0 Å². The number of morpholine rings is 1. The Morgan fingerprint density at radius 1 is 1.23 bits per heavy atom. The zero-order valence-corrected chi connectivity index (χ0v) is 14.9. The lowest BCUT2D eigenvalue weighted by molar-refractivity contribution is -0.0212. The van der Waals surface area contributed by atoms with Crippen LogP contribution >= 0.6 is 0 Å². The predicted molar refractivity (Wildman–Crippen MR) is 96.0 cm³/mol. The first kappa shape index (κ1) is 16.7. The second-order valence-electron chi connectivity index (χ2n) is 6.62. The number of ether oxygens (including phenoxy) is 1. The van der Waals surface area contributed by atoms with Gasteiger partial charge in [-0.05, 0) is 25.5 Å². The van der Waals surface area contributed by atoms with Crippen LogP contribution in [-0.4, -0.2) is 56.2 Å². The third kappa shape index (κ3) is 3.30. The fourth-order valence-corrected chi connectivity index (χ4v) is 3.30. The fourth-order valence-electron chi connectivity index (χ4n) is 3.30. The van der Waals surface area contributed by atoms with Crippen molar-refractivity contribution in [1.82, 2.24) is 24.5 Å². The second-order valence-corrected chi connectivity index (χ2v) is 6.62. The molecular formula is C19H21N5O2. The molecule has 1 aromatic carbocycles. The minimum absolute atomic E-state index is 0.0192. The van der Waals surface area contributed by atoms with E-state index in [9.17, 15) is 4.79 Å². The molecule has 0 bridgehead atoms. The van der Waals surface area contributed by atoms with Gasteiger partial charge < -0.3 is 9.64 Å². The summed E-state index contributed by atoms with van der Waals surface area (Å²) < 4.78 is 7.45. The molecule has 1 atom stereocenters. The highest BCUT2D eigenvalue weighted by molar-refractivity contribution is 5.91. The molecule has 1 amide bonds. The van der Waals surface area contributed by atoms with Gasteiger partial charge in [-0.3, -0.25) is 4.79 Å². The Morgan fingerprint density at radius 3 is 2.85 bits per heavy atom. The van der Waals surface area contributed by atoms with E-state index in [1.165, 1.54) is 5.56 Å². The van der Waals surface area contributed by atoms with Gasteiger partial charge in [0.25, 0.3) is 11.7 Å². The molecule has 0 radical (unpaired) electrons. The van der Waals surface area contributed by atoms with E-state index in [1.54, 1.807) is 9.42 Å². The highest BCUT2D eigenvalue weighted by Crippen LogP contribution is 2.14. The van der Waals surface area contributed by atoms with E-state index in [0.29, 0.717) is 25.5 Å². The fraction of sp³-hybridized carbons (Fsp3) is 0.368. The molecule has 1 aliphatic rings. The predicted octanol–water partition coefficient (Wildman–Crippen LogP) is 1.82. The molecule has 7 heteroatoms. The van der Waals surface area contributed by atoms with Gasteiger partial charge in [-0.1, -0.05) is 30.3 Å². The number of nitrogens with zero attached hydrogens (tertiary/aromatic N) is 5. The smallest absolute Gasteiger partial charge is 0.293 e. The summed E-state index contributed by atoms with van der Waals surface area (Å²) in [4.78, 5) is 23.3. The van der Waals surface area contributed by atoms with Crippen LogP contribution in [0.5, 0.6) is 0 Å². The van der Waals surface area contributed by atoms with Crippen LogP contribution in [0.1, 0.15) is 27.6 Å². The molecule has 1 fully saturated rings. The molecule has 0 spiro atoms. The summed E-state index contributed by atoms with van der Waals surface area (Å²) in [6, 6.07) is 12.1. The molecule has 2 aromatic heterocycles. The van der Waals surface area contributed by atoms with Crippen molar-refractivity contribution < 1.29 is 9.53 Å². The maximum atomic E-state index is 12.9. The molecule has 1 saturated heterocycles. The third-order valence-corrected chi connectivity index (χ3v) is 4.54. The first-order chi connectivity index (χ1) is 12.6. The lowest BCUT2D eigenvalue weighted by atomic mass is 10.1. The normalized spacial score (nSPS) is 17.6. The van der Waals surface area contributed by atoms with Crippen LogP contribution in [0.2, 0.25) is 0 Å². The van der Waals surface area contributed by atoms with Crippen molar-refractivity contribution in [3.05, 3.63) is 59.2 Å². The van der Waals surface area contributed by atoms with Crippen LogP contribution in [0.15, 0.2) is 36.4 Å². The Bertz CT molecular complexity index is 938. The second kappa shape index (κ2) is 6.84. The minimum Gasteiger partial charge on any atom is -0.374 e. The van der Waals surface area contributed by atoms with Crippen molar-refractivity contribution in [3.8, 4) is 0 Å². The van der Waals surface area contributed by atoms with Gasteiger partial charge in [0.1, 0.15) is 0 Å². The average Bonchev–Trinajstić information content (AvgIpc) is 3.06. The summed E-state index contributed by atoms with van der Waals surface area (Å²) >= 11 is 0. The lowest BCUT2D eigenvalue weighted by Crippen LogP contribution is -2.46. The number of hydrogen-bond donors (Lipinski definition) is 0. The van der Waals surface area contributed by atoms with Gasteiger partial charge in [0.05, 0.1) is 12.7 Å². The van der Waals surface area contributed by atoms with Gasteiger partial charge in [-0.25, -0.2) is 9.50 Å². The van der Waals surface area contributed by atoms with Crippen LogP contribution in [0.3, 0.4) is 0 Å². The van der Waals surface area contributed by atoms with E-state index in [1.807, 2.05) is 38.1 Å². The van der Waals surface area contributed by atoms with E-state index < -0.39 is 0 Å². The van der Waals surface area contributed by atoms with Gasteiger partial charge in [-0.15, -0.1) is 5.10 Å². The molecule has 0 aliphatic carbocycles. The number of hydrogen-bond acceptors (Lipinski definition) is 5. The summed E-state index contributed by atoms with van der Waals surface area (Å²) in [6.07, 6.45) is 0.762.